The minimum absolute atomic E-state index is 0.0544. The summed E-state index contributed by atoms with van der Waals surface area (Å²) in [6.45, 7) is 4.49. The Kier molecular flexibility index (Phi) is 4.24. The molecule has 5 rings (SSSR count). The number of para-hydroxylation sites is 2. The van der Waals surface area contributed by atoms with Crippen LogP contribution >= 0.6 is 0 Å². The Labute approximate surface area is 164 Å². The van der Waals surface area contributed by atoms with E-state index < -0.39 is 0 Å². The fourth-order valence-corrected chi connectivity index (χ4v) is 4.45. The zero-order valence-electron chi connectivity index (χ0n) is 16.1. The normalized spacial score (nSPS) is 15.5. The first-order valence-corrected chi connectivity index (χ1v) is 10.0. The second-order valence-corrected chi connectivity index (χ2v) is 7.64. The van der Waals surface area contributed by atoms with Crippen LogP contribution in [-0.4, -0.2) is 39.8 Å². The molecule has 142 valence electrons. The summed E-state index contributed by atoms with van der Waals surface area (Å²) in [4.78, 5) is 19.9. The molecule has 1 fully saturated rings. The maximum Gasteiger partial charge on any atom is 0.238 e. The zero-order valence-corrected chi connectivity index (χ0v) is 16.1. The van der Waals surface area contributed by atoms with Crippen LogP contribution in [0.15, 0.2) is 48.5 Å². The van der Waals surface area contributed by atoms with Crippen molar-refractivity contribution in [2.45, 2.75) is 26.2 Å². The number of anilines is 1. The predicted octanol–water partition coefficient (Wildman–Crippen LogP) is 4.37. The lowest BCUT2D eigenvalue weighted by molar-refractivity contribution is -0.117. The number of nitrogens with one attached hydrogen (secondary N) is 1. The number of benzene rings is 2. The van der Waals surface area contributed by atoms with Gasteiger partial charge >= 0.3 is 0 Å². The molecule has 5 nitrogen and oxygen atoms in total. The molecule has 2 aromatic carbocycles. The maximum absolute atomic E-state index is 12.9. The van der Waals surface area contributed by atoms with Crippen LogP contribution in [0.3, 0.4) is 0 Å². The van der Waals surface area contributed by atoms with Crippen LogP contribution in [0.5, 0.6) is 0 Å². The van der Waals surface area contributed by atoms with Gasteiger partial charge in [-0.05, 0) is 45.0 Å². The average Bonchev–Trinajstić information content (AvgIpc) is 3.04. The highest BCUT2D eigenvalue weighted by atomic mass is 16.2. The lowest BCUT2D eigenvalue weighted by Gasteiger charge is -2.25. The van der Waals surface area contributed by atoms with Gasteiger partial charge in [0, 0.05) is 10.8 Å². The number of nitrogens with zero attached hydrogens (tertiary/aromatic N) is 3. The van der Waals surface area contributed by atoms with Crippen molar-refractivity contribution in [3.63, 3.8) is 0 Å². The van der Waals surface area contributed by atoms with Gasteiger partial charge < -0.3 is 5.32 Å². The van der Waals surface area contributed by atoms with Crippen LogP contribution in [0.4, 0.5) is 5.69 Å². The van der Waals surface area contributed by atoms with Gasteiger partial charge in [0.15, 0.2) is 0 Å². The van der Waals surface area contributed by atoms with Crippen LogP contribution in [-0.2, 0) is 4.79 Å². The molecule has 4 aromatic rings. The zero-order chi connectivity index (χ0) is 19.1. The monoisotopic (exact) mass is 372 g/mol. The third kappa shape index (κ3) is 2.83. The summed E-state index contributed by atoms with van der Waals surface area (Å²) in [6, 6.07) is 16.4. The summed E-state index contributed by atoms with van der Waals surface area (Å²) in [5.41, 5.74) is 3.93. The molecule has 1 N–H and O–H groups in total. The SMILES string of the molecule is Cc1nc2ccccc2c2c(NC(=O)CN3CCCCC3)c3ccccc3n12. The van der Waals surface area contributed by atoms with Crippen molar-refractivity contribution in [2.24, 2.45) is 0 Å². The van der Waals surface area contributed by atoms with Crippen molar-refractivity contribution in [3.8, 4) is 0 Å². The molecule has 0 atom stereocenters. The molecule has 1 saturated heterocycles. The number of fused-ring (bicyclic) bond motifs is 5. The average molecular weight is 372 g/mol. The van der Waals surface area contributed by atoms with Gasteiger partial charge in [-0.15, -0.1) is 0 Å². The number of likely N-dealkylation sites (tertiary alicyclic amines) is 1. The lowest BCUT2D eigenvalue weighted by Crippen LogP contribution is -2.36. The van der Waals surface area contributed by atoms with Gasteiger partial charge in [0.1, 0.15) is 5.82 Å². The van der Waals surface area contributed by atoms with E-state index in [0.717, 1.165) is 51.9 Å². The molecule has 28 heavy (non-hydrogen) atoms. The van der Waals surface area contributed by atoms with Gasteiger partial charge in [0.25, 0.3) is 0 Å². The molecule has 2 aromatic heterocycles. The molecule has 0 unspecified atom stereocenters. The van der Waals surface area contributed by atoms with Crippen molar-refractivity contribution < 1.29 is 4.79 Å². The van der Waals surface area contributed by atoms with E-state index in [-0.39, 0.29) is 5.91 Å². The Hall–Kier alpha value is -2.92. The van der Waals surface area contributed by atoms with E-state index in [2.05, 4.69) is 32.8 Å². The van der Waals surface area contributed by atoms with E-state index in [1.807, 2.05) is 37.3 Å². The number of amides is 1. The molecule has 0 radical (unpaired) electrons. The molecule has 0 bridgehead atoms. The molecular formula is C23H24N4O. The van der Waals surface area contributed by atoms with Gasteiger partial charge in [0.05, 0.1) is 28.8 Å². The molecule has 1 aliphatic heterocycles. The van der Waals surface area contributed by atoms with Gasteiger partial charge in [0.2, 0.25) is 5.91 Å². The second kappa shape index (κ2) is 6.91. The van der Waals surface area contributed by atoms with Gasteiger partial charge in [-0.3, -0.25) is 14.1 Å². The third-order valence-electron chi connectivity index (χ3n) is 5.72. The van der Waals surface area contributed by atoms with Crippen LogP contribution in [0, 0.1) is 6.92 Å². The molecule has 1 amide bonds. The smallest absolute Gasteiger partial charge is 0.238 e. The second-order valence-electron chi connectivity index (χ2n) is 7.64. The summed E-state index contributed by atoms with van der Waals surface area (Å²) in [7, 11) is 0. The topological polar surface area (TPSA) is 49.6 Å². The van der Waals surface area contributed by atoms with Crippen molar-refractivity contribution in [2.75, 3.05) is 25.0 Å². The number of piperidine rings is 1. The molecule has 5 heteroatoms. The molecule has 3 heterocycles. The van der Waals surface area contributed by atoms with Crippen molar-refractivity contribution >= 4 is 38.9 Å². The van der Waals surface area contributed by atoms with E-state index >= 15 is 0 Å². The van der Waals surface area contributed by atoms with Crippen molar-refractivity contribution in [1.29, 1.82) is 0 Å². The Morgan fingerprint density at radius 1 is 1.00 bits per heavy atom. The lowest BCUT2D eigenvalue weighted by atomic mass is 10.1. The van der Waals surface area contributed by atoms with Gasteiger partial charge in [-0.25, -0.2) is 4.98 Å². The first-order chi connectivity index (χ1) is 13.7. The van der Waals surface area contributed by atoms with E-state index in [4.69, 9.17) is 4.98 Å². The Balaban J connectivity index is 1.66. The van der Waals surface area contributed by atoms with E-state index in [1.165, 1.54) is 19.3 Å². The molecule has 1 aliphatic rings. The number of aromatic nitrogens is 2. The standard InChI is InChI=1S/C23H24N4O/c1-16-24-19-11-5-3-9-17(19)23-22(18-10-4-6-12-20(18)27(16)23)25-21(28)15-26-13-7-2-8-14-26/h3-6,9-12H,2,7-8,13-15H2,1H3,(H,25,28). The summed E-state index contributed by atoms with van der Waals surface area (Å²) in [5.74, 6) is 0.972. The third-order valence-corrected chi connectivity index (χ3v) is 5.72. The number of hydrogen-bond acceptors (Lipinski definition) is 3. The van der Waals surface area contributed by atoms with E-state index in [0.29, 0.717) is 6.54 Å². The summed E-state index contributed by atoms with van der Waals surface area (Å²) < 4.78 is 2.16. The molecule has 0 aliphatic carbocycles. The highest BCUT2D eigenvalue weighted by molar-refractivity contribution is 6.16. The van der Waals surface area contributed by atoms with Crippen LogP contribution in [0.25, 0.3) is 27.3 Å². The number of carbonyl (C=O) groups excluding carboxylic acids is 1. The first-order valence-electron chi connectivity index (χ1n) is 10.0. The highest BCUT2D eigenvalue weighted by Crippen LogP contribution is 2.36. The van der Waals surface area contributed by atoms with Crippen LogP contribution < -0.4 is 5.32 Å². The molecular weight excluding hydrogens is 348 g/mol. The Morgan fingerprint density at radius 2 is 1.71 bits per heavy atom. The van der Waals surface area contributed by atoms with E-state index in [1.54, 1.807) is 0 Å². The Morgan fingerprint density at radius 3 is 2.54 bits per heavy atom. The number of hydrogen-bond donors (Lipinski definition) is 1. The minimum atomic E-state index is 0.0544. The van der Waals surface area contributed by atoms with Gasteiger partial charge in [-0.1, -0.05) is 42.8 Å². The van der Waals surface area contributed by atoms with Crippen molar-refractivity contribution in [3.05, 3.63) is 54.4 Å². The highest BCUT2D eigenvalue weighted by Gasteiger charge is 2.20. The largest absolute Gasteiger partial charge is 0.323 e. The fraction of sp³-hybridized carbons (Fsp3) is 0.304. The minimum Gasteiger partial charge on any atom is -0.323 e. The Bertz CT molecular complexity index is 1190. The van der Waals surface area contributed by atoms with Crippen molar-refractivity contribution in [1.82, 2.24) is 14.3 Å². The number of rotatable bonds is 3. The molecule has 0 saturated carbocycles. The summed E-state index contributed by atoms with van der Waals surface area (Å²) >= 11 is 0. The molecule has 0 spiro atoms. The summed E-state index contributed by atoms with van der Waals surface area (Å²) in [5, 5.41) is 5.35. The first kappa shape index (κ1) is 17.2. The van der Waals surface area contributed by atoms with Crippen LogP contribution in [0.1, 0.15) is 25.1 Å². The maximum atomic E-state index is 12.9. The van der Waals surface area contributed by atoms with Gasteiger partial charge in [-0.2, -0.15) is 0 Å². The number of aryl methyl sites for hydroxylation is 1. The number of carbonyl (C=O) groups is 1. The quantitative estimate of drug-likeness (QED) is 0.581. The van der Waals surface area contributed by atoms with E-state index in [9.17, 15) is 4.79 Å². The predicted molar refractivity (Wildman–Crippen MR) is 114 cm³/mol. The summed E-state index contributed by atoms with van der Waals surface area (Å²) in [6.07, 6.45) is 3.63. The fourth-order valence-electron chi connectivity index (χ4n) is 4.45. The van der Waals surface area contributed by atoms with Crippen LogP contribution in [0.2, 0.25) is 0 Å².